The molecule has 132 valence electrons. The van der Waals surface area contributed by atoms with E-state index in [0.717, 1.165) is 44.2 Å². The average molecular weight is 350 g/mol. The summed E-state index contributed by atoms with van der Waals surface area (Å²) in [5, 5.41) is 3.66. The van der Waals surface area contributed by atoms with Gasteiger partial charge in [-0.2, -0.15) is 0 Å². The molecule has 3 rings (SSSR count). The topological polar surface area (TPSA) is 58.6 Å². The molecule has 0 unspecified atom stereocenters. The SMILES string of the molecule is CCOC(=O)c1c(NC(=O)CN2CCCC[C@H]2C)sc2c1CCC2. The maximum Gasteiger partial charge on any atom is 0.341 e. The van der Waals surface area contributed by atoms with Gasteiger partial charge in [-0.05, 0) is 58.1 Å². The highest BCUT2D eigenvalue weighted by Gasteiger charge is 2.29. The van der Waals surface area contributed by atoms with Crippen molar-refractivity contribution in [2.24, 2.45) is 0 Å². The van der Waals surface area contributed by atoms with Crippen molar-refractivity contribution in [2.75, 3.05) is 25.0 Å². The number of aryl methyl sites for hydroxylation is 1. The predicted molar refractivity (Wildman–Crippen MR) is 95.8 cm³/mol. The number of hydrogen-bond donors (Lipinski definition) is 1. The van der Waals surface area contributed by atoms with Gasteiger partial charge in [0.25, 0.3) is 0 Å². The van der Waals surface area contributed by atoms with Gasteiger partial charge in [-0.15, -0.1) is 11.3 Å². The molecule has 5 nitrogen and oxygen atoms in total. The van der Waals surface area contributed by atoms with Crippen molar-refractivity contribution >= 4 is 28.2 Å². The van der Waals surface area contributed by atoms with Crippen LogP contribution < -0.4 is 5.32 Å². The standard InChI is InChI=1S/C18H26N2O3S/c1-3-23-18(22)16-13-8-6-9-14(13)24-17(16)19-15(21)11-20-10-5-4-7-12(20)2/h12H,3-11H2,1-2H3,(H,19,21)/t12-/m1/s1. The second kappa shape index (κ2) is 7.66. The van der Waals surface area contributed by atoms with Gasteiger partial charge in [0.15, 0.2) is 0 Å². The molecule has 1 saturated heterocycles. The van der Waals surface area contributed by atoms with Crippen molar-refractivity contribution < 1.29 is 14.3 Å². The number of piperidine rings is 1. The minimum atomic E-state index is -0.307. The molecular weight excluding hydrogens is 324 g/mol. The molecular formula is C18H26N2O3S. The summed E-state index contributed by atoms with van der Waals surface area (Å²) in [5.74, 6) is -0.340. The van der Waals surface area contributed by atoms with E-state index >= 15 is 0 Å². The van der Waals surface area contributed by atoms with Crippen LogP contribution >= 0.6 is 11.3 Å². The highest BCUT2D eigenvalue weighted by molar-refractivity contribution is 7.17. The molecule has 1 N–H and O–H groups in total. The fraction of sp³-hybridized carbons (Fsp3) is 0.667. The van der Waals surface area contributed by atoms with Crippen molar-refractivity contribution in [1.82, 2.24) is 4.90 Å². The Bertz CT molecular complexity index is 626. The van der Waals surface area contributed by atoms with Gasteiger partial charge < -0.3 is 10.1 Å². The molecule has 1 aliphatic heterocycles. The third-order valence-corrected chi connectivity index (χ3v) is 6.15. The van der Waals surface area contributed by atoms with Gasteiger partial charge in [0.2, 0.25) is 5.91 Å². The summed E-state index contributed by atoms with van der Waals surface area (Å²) in [5.41, 5.74) is 1.68. The number of likely N-dealkylation sites (tertiary alicyclic amines) is 1. The molecule has 1 atom stereocenters. The minimum Gasteiger partial charge on any atom is -0.462 e. The van der Waals surface area contributed by atoms with Gasteiger partial charge in [-0.25, -0.2) is 4.79 Å². The van der Waals surface area contributed by atoms with E-state index in [-0.39, 0.29) is 11.9 Å². The number of carbonyl (C=O) groups excluding carboxylic acids is 2. The normalized spacial score (nSPS) is 20.7. The number of fused-ring (bicyclic) bond motifs is 1. The molecule has 6 heteroatoms. The molecule has 0 bridgehead atoms. The number of rotatable bonds is 5. The van der Waals surface area contributed by atoms with Gasteiger partial charge in [0, 0.05) is 10.9 Å². The quantitative estimate of drug-likeness (QED) is 0.829. The molecule has 2 aliphatic rings. The number of thiophene rings is 1. The van der Waals surface area contributed by atoms with Gasteiger partial charge in [-0.1, -0.05) is 6.42 Å². The lowest BCUT2D eigenvalue weighted by molar-refractivity contribution is -0.118. The number of amides is 1. The lowest BCUT2D eigenvalue weighted by Gasteiger charge is -2.32. The molecule has 1 aliphatic carbocycles. The Labute approximate surface area is 147 Å². The number of ether oxygens (including phenoxy) is 1. The average Bonchev–Trinajstić information content (AvgIpc) is 3.10. The van der Waals surface area contributed by atoms with Crippen molar-refractivity contribution in [3.8, 4) is 0 Å². The van der Waals surface area contributed by atoms with Crippen LogP contribution in [0.3, 0.4) is 0 Å². The second-order valence-electron chi connectivity index (χ2n) is 6.65. The van der Waals surface area contributed by atoms with Gasteiger partial charge in [0.1, 0.15) is 5.00 Å². The van der Waals surface area contributed by atoms with Crippen LogP contribution in [0.25, 0.3) is 0 Å². The molecule has 0 radical (unpaired) electrons. The molecule has 1 amide bonds. The molecule has 0 saturated carbocycles. The highest BCUT2D eigenvalue weighted by Crippen LogP contribution is 2.39. The summed E-state index contributed by atoms with van der Waals surface area (Å²) >= 11 is 1.54. The lowest BCUT2D eigenvalue weighted by Crippen LogP contribution is -2.42. The van der Waals surface area contributed by atoms with E-state index in [2.05, 4.69) is 17.1 Å². The van der Waals surface area contributed by atoms with E-state index in [0.29, 0.717) is 29.8 Å². The highest BCUT2D eigenvalue weighted by atomic mass is 32.1. The summed E-state index contributed by atoms with van der Waals surface area (Å²) in [6.45, 7) is 5.70. The van der Waals surface area contributed by atoms with E-state index in [4.69, 9.17) is 4.74 Å². The Hall–Kier alpha value is -1.40. The smallest absolute Gasteiger partial charge is 0.341 e. The van der Waals surface area contributed by atoms with Crippen LogP contribution in [0.4, 0.5) is 5.00 Å². The predicted octanol–water partition coefficient (Wildman–Crippen LogP) is 3.23. The maximum absolute atomic E-state index is 12.5. The van der Waals surface area contributed by atoms with Crippen LogP contribution in [0.2, 0.25) is 0 Å². The van der Waals surface area contributed by atoms with Crippen LogP contribution in [0.15, 0.2) is 0 Å². The van der Waals surface area contributed by atoms with E-state index in [1.54, 1.807) is 18.3 Å². The van der Waals surface area contributed by atoms with Crippen molar-refractivity contribution in [3.05, 3.63) is 16.0 Å². The van der Waals surface area contributed by atoms with E-state index in [1.165, 1.54) is 11.3 Å². The van der Waals surface area contributed by atoms with Crippen LogP contribution in [-0.2, 0) is 22.4 Å². The molecule has 24 heavy (non-hydrogen) atoms. The first-order valence-electron chi connectivity index (χ1n) is 8.95. The van der Waals surface area contributed by atoms with Crippen LogP contribution in [0.1, 0.15) is 60.3 Å². The first-order valence-corrected chi connectivity index (χ1v) is 9.77. The number of nitrogens with one attached hydrogen (secondary N) is 1. The summed E-state index contributed by atoms with van der Waals surface area (Å²) in [6, 6.07) is 0.447. The van der Waals surface area contributed by atoms with E-state index in [1.807, 2.05) is 0 Å². The Morgan fingerprint density at radius 3 is 2.88 bits per heavy atom. The number of hydrogen-bond acceptors (Lipinski definition) is 5. The van der Waals surface area contributed by atoms with Gasteiger partial charge in [-0.3, -0.25) is 9.69 Å². The zero-order valence-corrected chi connectivity index (χ0v) is 15.3. The van der Waals surface area contributed by atoms with Crippen molar-refractivity contribution in [3.63, 3.8) is 0 Å². The van der Waals surface area contributed by atoms with Crippen molar-refractivity contribution in [2.45, 2.75) is 58.4 Å². The zero-order chi connectivity index (χ0) is 17.1. The molecule has 0 spiro atoms. The van der Waals surface area contributed by atoms with Crippen LogP contribution in [-0.4, -0.2) is 42.5 Å². The van der Waals surface area contributed by atoms with Crippen molar-refractivity contribution in [1.29, 1.82) is 0 Å². The summed E-state index contributed by atoms with van der Waals surface area (Å²) < 4.78 is 5.21. The Kier molecular flexibility index (Phi) is 5.56. The van der Waals surface area contributed by atoms with Crippen LogP contribution in [0.5, 0.6) is 0 Å². The number of anilines is 1. The van der Waals surface area contributed by atoms with Gasteiger partial charge >= 0.3 is 5.97 Å². The lowest BCUT2D eigenvalue weighted by atomic mass is 10.0. The largest absolute Gasteiger partial charge is 0.462 e. The first kappa shape index (κ1) is 17.4. The minimum absolute atomic E-state index is 0.0331. The summed E-state index contributed by atoms with van der Waals surface area (Å²) in [6.07, 6.45) is 6.51. The first-order chi connectivity index (χ1) is 11.6. The fourth-order valence-corrected chi connectivity index (χ4v) is 4.95. The molecule has 1 aromatic heterocycles. The second-order valence-corrected chi connectivity index (χ2v) is 7.75. The molecule has 1 aromatic rings. The van der Waals surface area contributed by atoms with E-state index < -0.39 is 0 Å². The Balaban J connectivity index is 1.72. The van der Waals surface area contributed by atoms with E-state index in [9.17, 15) is 9.59 Å². The molecule has 2 heterocycles. The fourth-order valence-electron chi connectivity index (χ4n) is 3.65. The van der Waals surface area contributed by atoms with Crippen LogP contribution in [0, 0.1) is 0 Å². The summed E-state index contributed by atoms with van der Waals surface area (Å²) in [4.78, 5) is 28.3. The van der Waals surface area contributed by atoms with Gasteiger partial charge in [0.05, 0.1) is 18.7 Å². The Morgan fingerprint density at radius 1 is 1.29 bits per heavy atom. The Morgan fingerprint density at radius 2 is 2.12 bits per heavy atom. The summed E-state index contributed by atoms with van der Waals surface area (Å²) in [7, 11) is 0. The number of nitrogens with zero attached hydrogens (tertiary/aromatic N) is 1. The monoisotopic (exact) mass is 350 g/mol. The third kappa shape index (κ3) is 3.64. The maximum atomic E-state index is 12.5. The number of esters is 1. The molecule has 0 aromatic carbocycles. The molecule has 1 fully saturated rings. The zero-order valence-electron chi connectivity index (χ0n) is 14.5. The third-order valence-electron chi connectivity index (χ3n) is 4.94. The number of carbonyl (C=O) groups is 2.